The van der Waals surface area contributed by atoms with Gasteiger partial charge in [0.25, 0.3) is 0 Å². The summed E-state index contributed by atoms with van der Waals surface area (Å²) < 4.78 is 0. The maximum Gasteiger partial charge on any atom is 0.158 e. The van der Waals surface area contributed by atoms with E-state index in [4.69, 9.17) is 10.5 Å². The molecule has 0 unspecified atom stereocenters. The summed E-state index contributed by atoms with van der Waals surface area (Å²) in [5.41, 5.74) is 2.30. The van der Waals surface area contributed by atoms with E-state index in [1.165, 1.54) is 0 Å². The molecule has 0 aliphatic heterocycles. The quantitative estimate of drug-likeness (QED) is 0.493. The zero-order valence-electron chi connectivity index (χ0n) is 8.92. The number of allylic oxidation sites excluding steroid dienone is 4. The van der Waals surface area contributed by atoms with Crippen molar-refractivity contribution in [1.82, 2.24) is 0 Å². The highest BCUT2D eigenvalue weighted by Crippen LogP contribution is 2.06. The van der Waals surface area contributed by atoms with E-state index < -0.39 is 0 Å². The van der Waals surface area contributed by atoms with Gasteiger partial charge in [0.05, 0.1) is 5.57 Å². The van der Waals surface area contributed by atoms with Gasteiger partial charge in [0.15, 0.2) is 5.71 Å². The molecule has 3 heteroatoms. The number of nitriles is 2. The monoisotopic (exact) mass is 187 g/mol. The van der Waals surface area contributed by atoms with Crippen molar-refractivity contribution in [2.75, 3.05) is 0 Å². The second-order valence-electron chi connectivity index (χ2n) is 2.97. The summed E-state index contributed by atoms with van der Waals surface area (Å²) in [6, 6.07) is 3.85. The maximum atomic E-state index is 8.79. The average Bonchev–Trinajstić information content (AvgIpc) is 2.17. The van der Waals surface area contributed by atoms with Crippen LogP contribution < -0.4 is 0 Å². The highest BCUT2D eigenvalue weighted by Gasteiger charge is 2.04. The third-order valence-corrected chi connectivity index (χ3v) is 1.77. The van der Waals surface area contributed by atoms with Gasteiger partial charge in [-0.2, -0.15) is 10.5 Å². The lowest BCUT2D eigenvalue weighted by Crippen LogP contribution is -1.98. The van der Waals surface area contributed by atoms with E-state index >= 15 is 0 Å². The second-order valence-corrected chi connectivity index (χ2v) is 2.97. The lowest BCUT2D eigenvalue weighted by Gasteiger charge is -1.97. The predicted octanol–water partition coefficient (Wildman–Crippen LogP) is 2.73. The molecule has 0 aromatic carbocycles. The highest BCUT2D eigenvalue weighted by molar-refractivity contribution is 6.14. The molecular weight excluding hydrogens is 174 g/mol. The first-order chi connectivity index (χ1) is 6.56. The molecule has 3 nitrogen and oxygen atoms in total. The standard InChI is InChI=1S/C11H13N3/c1-5-10(6-12)11(7-13)14-9(4)8(2)3/h5H,1-4H3/b10-5-,14-11?. The Bertz CT molecular complexity index is 380. The predicted molar refractivity (Wildman–Crippen MR) is 56.5 cm³/mol. The fraction of sp³-hybridized carbons (Fsp3) is 0.364. The molecule has 14 heavy (non-hydrogen) atoms. The minimum absolute atomic E-state index is 0.175. The zero-order chi connectivity index (χ0) is 11.1. The topological polar surface area (TPSA) is 59.9 Å². The van der Waals surface area contributed by atoms with E-state index in [-0.39, 0.29) is 5.71 Å². The number of aliphatic imine (C=N–C) groups is 1. The van der Waals surface area contributed by atoms with Crippen LogP contribution >= 0.6 is 0 Å². The van der Waals surface area contributed by atoms with E-state index in [0.29, 0.717) is 5.57 Å². The first kappa shape index (κ1) is 12.1. The molecule has 0 fully saturated rings. The van der Waals surface area contributed by atoms with Crippen LogP contribution in [0.5, 0.6) is 0 Å². The van der Waals surface area contributed by atoms with Crippen molar-refractivity contribution in [3.05, 3.63) is 22.9 Å². The van der Waals surface area contributed by atoms with Gasteiger partial charge < -0.3 is 0 Å². The largest absolute Gasteiger partial charge is 0.241 e. The molecule has 0 aliphatic rings. The molecule has 0 aliphatic carbocycles. The molecule has 0 radical (unpaired) electrons. The molecule has 0 spiro atoms. The van der Waals surface area contributed by atoms with Gasteiger partial charge in [-0.05, 0) is 27.7 Å². The summed E-state index contributed by atoms with van der Waals surface area (Å²) in [5.74, 6) is 0. The van der Waals surface area contributed by atoms with Gasteiger partial charge in [-0.1, -0.05) is 11.6 Å². The van der Waals surface area contributed by atoms with Gasteiger partial charge in [0.1, 0.15) is 12.1 Å². The SMILES string of the molecule is C/C=C(/C#N)C(C#N)=NC(C)=C(C)C. The van der Waals surface area contributed by atoms with Crippen LogP contribution in [0.1, 0.15) is 27.7 Å². The van der Waals surface area contributed by atoms with E-state index in [1.807, 2.05) is 32.9 Å². The summed E-state index contributed by atoms with van der Waals surface area (Å²) in [7, 11) is 0. The van der Waals surface area contributed by atoms with Crippen LogP contribution in [0.3, 0.4) is 0 Å². The van der Waals surface area contributed by atoms with E-state index in [9.17, 15) is 0 Å². The third kappa shape index (κ3) is 3.25. The molecule has 0 saturated carbocycles. The summed E-state index contributed by atoms with van der Waals surface area (Å²) in [5, 5.41) is 17.5. The molecule has 0 N–H and O–H groups in total. The number of rotatable bonds is 2. The van der Waals surface area contributed by atoms with Gasteiger partial charge in [0.2, 0.25) is 0 Å². The second kappa shape index (κ2) is 5.72. The molecule has 0 saturated heterocycles. The van der Waals surface area contributed by atoms with E-state index in [0.717, 1.165) is 11.3 Å². The summed E-state index contributed by atoms with van der Waals surface area (Å²) in [6.07, 6.45) is 1.58. The lowest BCUT2D eigenvalue weighted by atomic mass is 10.2. The van der Waals surface area contributed by atoms with Crippen molar-refractivity contribution in [3.8, 4) is 12.1 Å². The first-order valence-electron chi connectivity index (χ1n) is 4.26. The third-order valence-electron chi connectivity index (χ3n) is 1.77. The van der Waals surface area contributed by atoms with Gasteiger partial charge in [-0.15, -0.1) is 0 Å². The normalized spacial score (nSPS) is 11.6. The molecule has 0 heterocycles. The molecule has 0 amide bonds. The summed E-state index contributed by atoms with van der Waals surface area (Å²) in [4.78, 5) is 4.08. The van der Waals surface area contributed by atoms with Gasteiger partial charge in [-0.3, -0.25) is 0 Å². The van der Waals surface area contributed by atoms with Crippen LogP contribution in [0.4, 0.5) is 0 Å². The Balaban J connectivity index is 5.26. The maximum absolute atomic E-state index is 8.79. The Labute approximate surface area is 84.7 Å². The Morgan fingerprint density at radius 1 is 1.14 bits per heavy atom. The van der Waals surface area contributed by atoms with Crippen molar-refractivity contribution in [2.24, 2.45) is 4.99 Å². The minimum atomic E-state index is 0.175. The first-order valence-corrected chi connectivity index (χ1v) is 4.26. The summed E-state index contributed by atoms with van der Waals surface area (Å²) >= 11 is 0. The number of hydrogen-bond acceptors (Lipinski definition) is 3. The van der Waals surface area contributed by atoms with Crippen molar-refractivity contribution in [1.29, 1.82) is 10.5 Å². The number of hydrogen-bond donors (Lipinski definition) is 0. The van der Waals surface area contributed by atoms with Crippen LogP contribution in [0, 0.1) is 22.7 Å². The summed E-state index contributed by atoms with van der Waals surface area (Å²) in [6.45, 7) is 7.35. The van der Waals surface area contributed by atoms with Crippen LogP contribution in [-0.4, -0.2) is 5.71 Å². The van der Waals surface area contributed by atoms with Gasteiger partial charge >= 0.3 is 0 Å². The van der Waals surface area contributed by atoms with E-state index in [2.05, 4.69) is 4.99 Å². The molecule has 0 aromatic heterocycles. The van der Waals surface area contributed by atoms with Gasteiger partial charge in [-0.25, -0.2) is 4.99 Å². The van der Waals surface area contributed by atoms with Crippen LogP contribution in [-0.2, 0) is 0 Å². The van der Waals surface area contributed by atoms with Crippen LogP contribution in [0.25, 0.3) is 0 Å². The van der Waals surface area contributed by atoms with Crippen LogP contribution in [0.15, 0.2) is 27.9 Å². The molecule has 72 valence electrons. The van der Waals surface area contributed by atoms with Crippen molar-refractivity contribution in [3.63, 3.8) is 0 Å². The van der Waals surface area contributed by atoms with Crippen molar-refractivity contribution >= 4 is 5.71 Å². The molecular formula is C11H13N3. The fourth-order valence-corrected chi connectivity index (χ4v) is 0.679. The van der Waals surface area contributed by atoms with Gasteiger partial charge in [0, 0.05) is 5.70 Å². The van der Waals surface area contributed by atoms with Crippen LogP contribution in [0.2, 0.25) is 0 Å². The zero-order valence-corrected chi connectivity index (χ0v) is 8.92. The Morgan fingerprint density at radius 2 is 1.71 bits per heavy atom. The van der Waals surface area contributed by atoms with E-state index in [1.54, 1.807) is 13.0 Å². The minimum Gasteiger partial charge on any atom is -0.241 e. The Morgan fingerprint density at radius 3 is 2.00 bits per heavy atom. The molecule has 0 atom stereocenters. The fourth-order valence-electron chi connectivity index (χ4n) is 0.679. The molecule has 0 aromatic rings. The Kier molecular flexibility index (Phi) is 4.96. The smallest absolute Gasteiger partial charge is 0.158 e. The molecule has 0 rings (SSSR count). The Hall–Kier alpha value is -1.87. The highest BCUT2D eigenvalue weighted by atomic mass is 14.8. The lowest BCUT2D eigenvalue weighted by molar-refractivity contribution is 1.19. The molecule has 0 bridgehead atoms. The number of nitrogens with zero attached hydrogens (tertiary/aromatic N) is 3. The average molecular weight is 187 g/mol. The van der Waals surface area contributed by atoms with Crippen molar-refractivity contribution in [2.45, 2.75) is 27.7 Å². The van der Waals surface area contributed by atoms with Crippen molar-refractivity contribution < 1.29 is 0 Å².